The molecule has 0 saturated carbocycles. The summed E-state index contributed by atoms with van der Waals surface area (Å²) < 4.78 is 19.3. The lowest BCUT2D eigenvalue weighted by Crippen LogP contribution is -2.34. The first-order valence-electron chi connectivity index (χ1n) is 7.51. The molecule has 0 aliphatic heterocycles. The van der Waals surface area contributed by atoms with Crippen molar-refractivity contribution in [1.82, 2.24) is 0 Å². The van der Waals surface area contributed by atoms with Gasteiger partial charge < -0.3 is 9.63 Å². The molecule has 0 bridgehead atoms. The van der Waals surface area contributed by atoms with E-state index in [9.17, 15) is 14.5 Å². The average Bonchev–Trinajstić information content (AvgIpc) is 2.56. The molecule has 0 unspecified atom stereocenters. The van der Waals surface area contributed by atoms with Crippen molar-refractivity contribution in [3.05, 3.63) is 66.2 Å². The Labute approximate surface area is 136 Å². The number of benzene rings is 2. The summed E-state index contributed by atoms with van der Waals surface area (Å²) in [6.45, 7) is 3.25. The van der Waals surface area contributed by atoms with Crippen LogP contribution in [0.15, 0.2) is 60.7 Å². The first-order valence-corrected chi connectivity index (χ1v) is 9.14. The molecule has 0 aliphatic rings. The number of aliphatic hydroxyl groups is 1. The molecule has 0 amide bonds. The van der Waals surface area contributed by atoms with Crippen LogP contribution in [0, 0.1) is 0 Å². The van der Waals surface area contributed by atoms with Gasteiger partial charge in [-0.1, -0.05) is 48.5 Å². The van der Waals surface area contributed by atoms with Crippen LogP contribution in [0.1, 0.15) is 25.8 Å². The van der Waals surface area contributed by atoms with Crippen LogP contribution in [0.3, 0.4) is 0 Å². The minimum absolute atomic E-state index is 0.166. The van der Waals surface area contributed by atoms with Crippen LogP contribution in [0.2, 0.25) is 0 Å². The molecule has 0 heterocycles. The SMILES string of the molecule is CCO[P@](=O)(c1ccccc1)[C@](O)(CC(C)=O)c1ccccc1. The summed E-state index contributed by atoms with van der Waals surface area (Å²) >= 11 is 0. The van der Waals surface area contributed by atoms with Gasteiger partial charge in [0, 0.05) is 11.7 Å². The van der Waals surface area contributed by atoms with Gasteiger partial charge in [0.05, 0.1) is 6.61 Å². The number of Topliss-reactive ketones (excluding diaryl/α,β-unsaturated/α-hetero) is 1. The summed E-state index contributed by atoms with van der Waals surface area (Å²) in [5.41, 5.74) is 0.413. The second-order valence-electron chi connectivity index (χ2n) is 5.37. The van der Waals surface area contributed by atoms with Gasteiger partial charge >= 0.3 is 0 Å². The second-order valence-corrected chi connectivity index (χ2v) is 7.98. The van der Waals surface area contributed by atoms with Crippen LogP contribution in [0.25, 0.3) is 0 Å². The highest BCUT2D eigenvalue weighted by atomic mass is 31.2. The van der Waals surface area contributed by atoms with E-state index in [1.807, 2.05) is 0 Å². The molecule has 122 valence electrons. The minimum Gasteiger partial charge on any atom is -0.374 e. The highest BCUT2D eigenvalue weighted by Gasteiger charge is 2.51. The van der Waals surface area contributed by atoms with Crippen LogP contribution in [-0.4, -0.2) is 17.5 Å². The Morgan fingerprint density at radius 3 is 2.09 bits per heavy atom. The molecule has 2 aromatic carbocycles. The zero-order chi connectivity index (χ0) is 16.9. The molecule has 2 rings (SSSR count). The highest BCUT2D eigenvalue weighted by molar-refractivity contribution is 7.67. The molecule has 2 aromatic rings. The second kappa shape index (κ2) is 7.22. The van der Waals surface area contributed by atoms with Crippen molar-refractivity contribution in [2.75, 3.05) is 6.61 Å². The summed E-state index contributed by atoms with van der Waals surface area (Å²) in [6, 6.07) is 17.2. The molecule has 0 spiro atoms. The number of carbonyl (C=O) groups excluding carboxylic acids is 1. The summed E-state index contributed by atoms with van der Waals surface area (Å²) in [7, 11) is -3.73. The molecule has 4 nitrogen and oxygen atoms in total. The summed E-state index contributed by atoms with van der Waals surface area (Å²) in [4.78, 5) is 11.8. The predicted octanol–water partition coefficient (Wildman–Crippen LogP) is 3.45. The zero-order valence-electron chi connectivity index (χ0n) is 13.3. The maximum absolute atomic E-state index is 13.7. The first-order chi connectivity index (χ1) is 10.9. The fraction of sp³-hybridized carbons (Fsp3) is 0.278. The Kier molecular flexibility index (Phi) is 5.53. The lowest BCUT2D eigenvalue weighted by atomic mass is 10.0. The van der Waals surface area contributed by atoms with Gasteiger partial charge in [-0.05, 0) is 31.5 Å². The minimum atomic E-state index is -3.73. The standard InChI is InChI=1S/C18H21O4P/c1-3-22-23(21,17-12-8-5-9-13-17)18(20,14-15(2)19)16-10-6-4-7-11-16/h4-13,20H,3,14H2,1-2H3/t18-,23-/m1/s1. The molecule has 5 heteroatoms. The zero-order valence-corrected chi connectivity index (χ0v) is 14.2. The van der Waals surface area contributed by atoms with Crippen LogP contribution in [0.5, 0.6) is 0 Å². The third-order valence-electron chi connectivity index (χ3n) is 3.63. The fourth-order valence-corrected chi connectivity index (χ4v) is 5.27. The van der Waals surface area contributed by atoms with Gasteiger partial charge in [0.1, 0.15) is 5.78 Å². The molecule has 0 saturated heterocycles. The third-order valence-corrected chi connectivity index (χ3v) is 6.62. The molecule has 0 aromatic heterocycles. The predicted molar refractivity (Wildman–Crippen MR) is 90.9 cm³/mol. The molecule has 2 atom stereocenters. The van der Waals surface area contributed by atoms with E-state index in [2.05, 4.69) is 0 Å². The van der Waals surface area contributed by atoms with Gasteiger partial charge in [-0.25, -0.2) is 0 Å². The van der Waals surface area contributed by atoms with E-state index in [1.165, 1.54) is 6.92 Å². The third kappa shape index (κ3) is 3.45. The molecule has 0 aliphatic carbocycles. The van der Waals surface area contributed by atoms with E-state index >= 15 is 0 Å². The van der Waals surface area contributed by atoms with Crippen molar-refractivity contribution >= 4 is 18.5 Å². The Hall–Kier alpha value is -1.74. The number of ketones is 1. The van der Waals surface area contributed by atoms with Crippen molar-refractivity contribution in [2.24, 2.45) is 0 Å². The van der Waals surface area contributed by atoms with Crippen LogP contribution < -0.4 is 5.30 Å². The van der Waals surface area contributed by atoms with E-state index in [-0.39, 0.29) is 18.8 Å². The Balaban J connectivity index is 2.68. The van der Waals surface area contributed by atoms with E-state index in [0.717, 1.165) is 0 Å². The van der Waals surface area contributed by atoms with Crippen molar-refractivity contribution in [3.8, 4) is 0 Å². The average molecular weight is 332 g/mol. The Bertz CT molecular complexity index is 699. The molecular formula is C18H21O4P. The van der Waals surface area contributed by atoms with Gasteiger partial charge in [0.2, 0.25) is 0 Å². The lowest BCUT2D eigenvalue weighted by molar-refractivity contribution is -0.120. The fourth-order valence-electron chi connectivity index (χ4n) is 2.63. The monoisotopic (exact) mass is 332 g/mol. The summed E-state index contributed by atoms with van der Waals surface area (Å²) in [5, 5.41) is 9.85. The first kappa shape index (κ1) is 17.6. The Morgan fingerprint density at radius 1 is 1.09 bits per heavy atom. The van der Waals surface area contributed by atoms with Gasteiger partial charge in [-0.2, -0.15) is 0 Å². The number of rotatable bonds is 7. The quantitative estimate of drug-likeness (QED) is 0.789. The smallest absolute Gasteiger partial charge is 0.267 e. The maximum Gasteiger partial charge on any atom is 0.267 e. The van der Waals surface area contributed by atoms with Gasteiger partial charge in [0.25, 0.3) is 7.37 Å². The molecule has 0 fully saturated rings. The van der Waals surface area contributed by atoms with Gasteiger partial charge in [-0.15, -0.1) is 0 Å². The summed E-state index contributed by atoms with van der Waals surface area (Å²) in [5.74, 6) is -0.257. The van der Waals surface area contributed by atoms with E-state index in [0.29, 0.717) is 10.9 Å². The van der Waals surface area contributed by atoms with Crippen LogP contribution >= 0.6 is 7.37 Å². The van der Waals surface area contributed by atoms with E-state index < -0.39 is 12.7 Å². The van der Waals surface area contributed by atoms with Gasteiger partial charge in [0.15, 0.2) is 5.34 Å². The normalized spacial score (nSPS) is 16.3. The number of hydrogen-bond donors (Lipinski definition) is 1. The topological polar surface area (TPSA) is 63.6 Å². The summed E-state index contributed by atoms with van der Waals surface area (Å²) in [6.07, 6.45) is -0.275. The van der Waals surface area contributed by atoms with Crippen LogP contribution in [0.4, 0.5) is 0 Å². The Morgan fingerprint density at radius 2 is 1.61 bits per heavy atom. The maximum atomic E-state index is 13.7. The van der Waals surface area contributed by atoms with Crippen LogP contribution in [-0.2, 0) is 19.2 Å². The van der Waals surface area contributed by atoms with Crippen molar-refractivity contribution in [2.45, 2.75) is 25.6 Å². The molecule has 1 N–H and O–H groups in total. The van der Waals surface area contributed by atoms with Crippen molar-refractivity contribution < 1.29 is 19.0 Å². The number of hydrogen-bond acceptors (Lipinski definition) is 4. The van der Waals surface area contributed by atoms with Crippen molar-refractivity contribution in [3.63, 3.8) is 0 Å². The van der Waals surface area contributed by atoms with Gasteiger partial charge in [-0.3, -0.25) is 9.36 Å². The van der Waals surface area contributed by atoms with E-state index in [4.69, 9.17) is 4.52 Å². The lowest BCUT2D eigenvalue weighted by Gasteiger charge is -2.35. The van der Waals surface area contributed by atoms with E-state index in [1.54, 1.807) is 67.6 Å². The highest BCUT2D eigenvalue weighted by Crippen LogP contribution is 2.63. The molecular weight excluding hydrogens is 311 g/mol. The van der Waals surface area contributed by atoms with Crippen molar-refractivity contribution in [1.29, 1.82) is 0 Å². The largest absolute Gasteiger partial charge is 0.374 e. The molecule has 0 radical (unpaired) electrons. The molecule has 23 heavy (non-hydrogen) atoms. The number of carbonyl (C=O) groups is 1.